The van der Waals surface area contributed by atoms with Crippen LogP contribution in [0.15, 0.2) is 62.5 Å². The summed E-state index contributed by atoms with van der Waals surface area (Å²) in [5.74, 6) is 3.62. The molecule has 1 atom stereocenters. The number of rotatable bonds is 4. The maximum absolute atomic E-state index is 11.4. The second-order valence-electron chi connectivity index (χ2n) is 6.07. The molecule has 0 aliphatic carbocycles. The van der Waals surface area contributed by atoms with Crippen molar-refractivity contribution in [1.82, 2.24) is 0 Å². The first-order valence-corrected chi connectivity index (χ1v) is 9.97. The normalized spacial score (nSPS) is 16.1. The second-order valence-corrected chi connectivity index (χ2v) is 7.76. The molecule has 2 aromatic rings. The molecule has 0 N–H and O–H groups in total. The van der Waals surface area contributed by atoms with Gasteiger partial charge in [0.15, 0.2) is 0 Å². The van der Waals surface area contributed by atoms with E-state index in [1.807, 2.05) is 5.94 Å². The Morgan fingerprint density at radius 3 is 2.00 bits per heavy atom. The molecule has 3 rings (SSSR count). The van der Waals surface area contributed by atoms with Crippen molar-refractivity contribution in [1.29, 1.82) is 0 Å². The minimum atomic E-state index is -0.742. The van der Waals surface area contributed by atoms with E-state index in [1.165, 1.54) is 12.4 Å². The van der Waals surface area contributed by atoms with Crippen LogP contribution in [0.25, 0.3) is 0 Å². The van der Waals surface area contributed by atoms with Gasteiger partial charge in [0.1, 0.15) is 17.9 Å². The predicted octanol–water partition coefficient (Wildman–Crippen LogP) is 6.13. The minimum absolute atomic E-state index is 0. The monoisotopic (exact) mass is 533 g/mol. The molecule has 0 fully saturated rings. The Labute approximate surface area is 208 Å². The predicted molar refractivity (Wildman–Crippen MR) is 123 cm³/mol. The average Bonchev–Trinajstić information content (AvgIpc) is 2.72. The molecule has 0 saturated carbocycles. The van der Waals surface area contributed by atoms with E-state index in [9.17, 15) is 9.59 Å². The molecule has 0 radical (unpaired) electrons. The zero-order chi connectivity index (χ0) is 21.7. The third kappa shape index (κ3) is 6.51. The number of aliphatic imine (C=N–C) groups is 3. The summed E-state index contributed by atoms with van der Waals surface area (Å²) in [6.07, 6.45) is 2.85. The largest absolute Gasteiger partial charge is 0.268 e. The van der Waals surface area contributed by atoms with E-state index >= 15 is 0 Å². The summed E-state index contributed by atoms with van der Waals surface area (Å²) in [6.45, 7) is 0. The van der Waals surface area contributed by atoms with Gasteiger partial charge in [0, 0.05) is 45.3 Å². The van der Waals surface area contributed by atoms with Crippen LogP contribution in [0.4, 0.5) is 11.4 Å². The Morgan fingerprint density at radius 1 is 0.903 bits per heavy atom. The van der Waals surface area contributed by atoms with Crippen LogP contribution in [0.5, 0.6) is 0 Å². The van der Waals surface area contributed by atoms with Gasteiger partial charge in [-0.25, -0.2) is 9.59 Å². The zero-order valence-corrected chi connectivity index (χ0v) is 19.6. The SMILES string of the molecule is O=C=C1CC(=C=O)C(C=Nc2ccc(Cl)cc2Cl)N=C1C=Nc1ccc(Cl)cc1Cl.[Fe]. The molecule has 0 aromatic heterocycles. The number of halogens is 4. The summed E-state index contributed by atoms with van der Waals surface area (Å²) in [5.41, 5.74) is 1.58. The van der Waals surface area contributed by atoms with Gasteiger partial charge in [0.25, 0.3) is 0 Å². The first-order valence-electron chi connectivity index (χ1n) is 8.45. The molecule has 5 nitrogen and oxygen atoms in total. The first-order chi connectivity index (χ1) is 14.4. The summed E-state index contributed by atoms with van der Waals surface area (Å²) >= 11 is 24.0. The fourth-order valence-electron chi connectivity index (χ4n) is 2.56. The fourth-order valence-corrected chi connectivity index (χ4v) is 3.48. The molecule has 158 valence electrons. The number of benzene rings is 2. The van der Waals surface area contributed by atoms with Crippen LogP contribution < -0.4 is 0 Å². The third-order valence-corrected chi connectivity index (χ3v) is 5.14. The van der Waals surface area contributed by atoms with Gasteiger partial charge >= 0.3 is 0 Å². The Kier molecular flexibility index (Phi) is 9.46. The number of allylic oxidation sites excluding steroid dienone is 1. The van der Waals surface area contributed by atoms with E-state index in [0.717, 1.165) is 0 Å². The van der Waals surface area contributed by atoms with Crippen molar-refractivity contribution in [3.8, 4) is 0 Å². The molecule has 31 heavy (non-hydrogen) atoms. The van der Waals surface area contributed by atoms with Crippen molar-refractivity contribution in [3.63, 3.8) is 0 Å². The quantitative estimate of drug-likeness (QED) is 0.269. The third-order valence-electron chi connectivity index (χ3n) is 4.07. The molecule has 1 aliphatic heterocycles. The average molecular weight is 535 g/mol. The number of hydrogen-bond acceptors (Lipinski definition) is 5. The van der Waals surface area contributed by atoms with Gasteiger partial charge in [-0.05, 0) is 36.4 Å². The molecule has 2 aromatic carbocycles. The van der Waals surface area contributed by atoms with Gasteiger partial charge in [-0.1, -0.05) is 46.4 Å². The maximum atomic E-state index is 11.4. The standard InChI is InChI=1S/C21H11Cl4N3O2.Fe/c22-14-1-3-18(16(24)6-14)26-8-20-12(10-29)5-13(11-30)21(28-20)9-27-19-4-2-15(23)7-17(19)25;/h1-4,6-9,20H,5H2;. The van der Waals surface area contributed by atoms with Gasteiger partial charge in [-0.2, -0.15) is 0 Å². The summed E-state index contributed by atoms with van der Waals surface area (Å²) in [4.78, 5) is 35.7. The first kappa shape index (κ1) is 25.3. The Hall–Kier alpha value is -1.97. The van der Waals surface area contributed by atoms with E-state index in [1.54, 1.807) is 42.3 Å². The molecule has 0 saturated heterocycles. The molecule has 1 unspecified atom stereocenters. The van der Waals surface area contributed by atoms with Crippen molar-refractivity contribution in [3.05, 3.63) is 67.6 Å². The van der Waals surface area contributed by atoms with E-state index in [0.29, 0.717) is 31.5 Å². The van der Waals surface area contributed by atoms with E-state index in [4.69, 9.17) is 46.4 Å². The van der Waals surface area contributed by atoms with Crippen molar-refractivity contribution >= 4 is 87.8 Å². The van der Waals surface area contributed by atoms with Crippen molar-refractivity contribution in [2.24, 2.45) is 15.0 Å². The van der Waals surface area contributed by atoms with Gasteiger partial charge in [0.2, 0.25) is 0 Å². The smallest absolute Gasteiger partial charge is 0.130 e. The van der Waals surface area contributed by atoms with E-state index in [-0.39, 0.29) is 40.3 Å². The van der Waals surface area contributed by atoms with E-state index in [2.05, 4.69) is 15.0 Å². The van der Waals surface area contributed by atoms with Crippen molar-refractivity contribution in [2.45, 2.75) is 12.5 Å². The Balaban J connectivity index is 0.00000341. The van der Waals surface area contributed by atoms with Crippen LogP contribution in [-0.4, -0.2) is 36.1 Å². The number of carbonyl (C=O) groups excluding carboxylic acids is 2. The number of hydrogen-bond donors (Lipinski definition) is 0. The van der Waals surface area contributed by atoms with Crippen molar-refractivity contribution < 1.29 is 26.7 Å². The summed E-state index contributed by atoms with van der Waals surface area (Å²) in [6, 6.07) is 8.91. The van der Waals surface area contributed by atoms with Gasteiger partial charge < -0.3 is 0 Å². The van der Waals surface area contributed by atoms with E-state index < -0.39 is 6.04 Å². The molecule has 1 heterocycles. The van der Waals surface area contributed by atoms with Crippen LogP contribution in [0.1, 0.15) is 6.42 Å². The van der Waals surface area contributed by atoms with Crippen LogP contribution in [0.2, 0.25) is 20.1 Å². The van der Waals surface area contributed by atoms with Crippen LogP contribution in [0, 0.1) is 0 Å². The fraction of sp³-hybridized carbons (Fsp3) is 0.0952. The Bertz CT molecular complexity index is 1200. The van der Waals surface area contributed by atoms with Gasteiger partial charge in [0.05, 0.1) is 38.9 Å². The van der Waals surface area contributed by atoms with Gasteiger partial charge in [-0.15, -0.1) is 0 Å². The van der Waals surface area contributed by atoms with Gasteiger partial charge in [-0.3, -0.25) is 15.0 Å². The second kappa shape index (κ2) is 11.6. The van der Waals surface area contributed by atoms with Crippen molar-refractivity contribution in [2.75, 3.05) is 0 Å². The van der Waals surface area contributed by atoms with Crippen LogP contribution in [-0.2, 0) is 26.7 Å². The Morgan fingerprint density at radius 2 is 1.48 bits per heavy atom. The molecule has 10 heteroatoms. The zero-order valence-electron chi connectivity index (χ0n) is 15.4. The molecular formula is C21H11Cl4FeN3O2. The number of nitrogens with zero attached hydrogens (tertiary/aromatic N) is 3. The van der Waals surface area contributed by atoms with Crippen LogP contribution >= 0.6 is 46.4 Å². The maximum Gasteiger partial charge on any atom is 0.130 e. The summed E-state index contributed by atoms with van der Waals surface area (Å²) in [7, 11) is 0. The summed E-state index contributed by atoms with van der Waals surface area (Å²) in [5, 5.41) is 1.64. The molecule has 1 aliphatic rings. The molecule has 0 amide bonds. The molecular weight excluding hydrogens is 524 g/mol. The molecule has 0 bridgehead atoms. The topological polar surface area (TPSA) is 71.2 Å². The minimum Gasteiger partial charge on any atom is -0.268 e. The molecule has 0 spiro atoms. The van der Waals surface area contributed by atoms with Crippen LogP contribution in [0.3, 0.4) is 0 Å². The summed E-state index contributed by atoms with van der Waals surface area (Å²) < 4.78 is 0.